The summed E-state index contributed by atoms with van der Waals surface area (Å²) in [6.45, 7) is 6.21. The number of thiophene rings is 1. The molecule has 0 fully saturated rings. The highest BCUT2D eigenvalue weighted by Crippen LogP contribution is 2.29. The average Bonchev–Trinajstić information content (AvgIpc) is 2.61. The molecule has 16 heavy (non-hydrogen) atoms. The van der Waals surface area contributed by atoms with Gasteiger partial charge in [0, 0.05) is 11.0 Å². The lowest BCUT2D eigenvalue weighted by Gasteiger charge is -2.15. The van der Waals surface area contributed by atoms with Crippen molar-refractivity contribution in [2.45, 2.75) is 26.2 Å². The van der Waals surface area contributed by atoms with Gasteiger partial charge in [0.25, 0.3) is 0 Å². The van der Waals surface area contributed by atoms with E-state index in [1.807, 2.05) is 6.07 Å². The van der Waals surface area contributed by atoms with Crippen LogP contribution in [-0.4, -0.2) is 16.9 Å². The minimum atomic E-state index is -1.11. The minimum absolute atomic E-state index is 0.0136. The third kappa shape index (κ3) is 3.31. The Hall–Kier alpha value is -1.42. The van der Waals surface area contributed by atoms with Gasteiger partial charge in [0.2, 0.25) is 0 Å². The third-order valence-electron chi connectivity index (χ3n) is 1.97. The molecule has 0 aliphatic carbocycles. The average molecular weight is 238 g/mol. The van der Waals surface area contributed by atoms with Crippen LogP contribution in [0.5, 0.6) is 0 Å². The second-order valence-electron chi connectivity index (χ2n) is 4.45. The predicted octanol–water partition coefficient (Wildman–Crippen LogP) is 2.87. The van der Waals surface area contributed by atoms with E-state index < -0.39 is 5.97 Å². The highest BCUT2D eigenvalue weighted by molar-refractivity contribution is 7.14. The number of carboxylic acid groups (broad SMARTS) is 1. The molecule has 0 bridgehead atoms. The molecule has 0 amide bonds. The summed E-state index contributed by atoms with van der Waals surface area (Å²) in [4.78, 5) is 23.5. The van der Waals surface area contributed by atoms with Crippen molar-refractivity contribution in [1.82, 2.24) is 0 Å². The van der Waals surface area contributed by atoms with Crippen molar-refractivity contribution >= 4 is 23.1 Å². The zero-order valence-electron chi connectivity index (χ0n) is 9.48. The van der Waals surface area contributed by atoms with E-state index in [0.717, 1.165) is 17.0 Å². The van der Waals surface area contributed by atoms with Gasteiger partial charge in [-0.05, 0) is 23.6 Å². The van der Waals surface area contributed by atoms with Crippen LogP contribution < -0.4 is 0 Å². The van der Waals surface area contributed by atoms with E-state index in [4.69, 9.17) is 5.11 Å². The second-order valence-corrected chi connectivity index (χ2v) is 5.53. The summed E-state index contributed by atoms with van der Waals surface area (Å²) < 4.78 is 0. The van der Waals surface area contributed by atoms with Gasteiger partial charge in [-0.2, -0.15) is 0 Å². The molecule has 0 saturated heterocycles. The van der Waals surface area contributed by atoms with Gasteiger partial charge >= 0.3 is 5.97 Å². The fourth-order valence-electron chi connectivity index (χ4n) is 1.10. The molecule has 0 aromatic carbocycles. The molecule has 3 nitrogen and oxygen atoms in total. The summed E-state index contributed by atoms with van der Waals surface area (Å²) >= 11 is 1.41. The van der Waals surface area contributed by atoms with E-state index in [9.17, 15) is 9.59 Å². The van der Waals surface area contributed by atoms with Crippen molar-refractivity contribution in [2.75, 3.05) is 0 Å². The van der Waals surface area contributed by atoms with Crippen molar-refractivity contribution in [1.29, 1.82) is 0 Å². The highest BCUT2D eigenvalue weighted by atomic mass is 32.1. The van der Waals surface area contributed by atoms with Crippen LogP contribution in [0.2, 0.25) is 0 Å². The molecular weight excluding hydrogens is 224 g/mol. The highest BCUT2D eigenvalue weighted by Gasteiger charge is 2.17. The number of hydrogen-bond donors (Lipinski definition) is 1. The Kier molecular flexibility index (Phi) is 3.65. The molecule has 86 valence electrons. The maximum absolute atomic E-state index is 11.5. The van der Waals surface area contributed by atoms with Crippen molar-refractivity contribution in [3.05, 3.63) is 34.0 Å². The van der Waals surface area contributed by atoms with E-state index in [1.54, 1.807) is 6.07 Å². The van der Waals surface area contributed by atoms with Crippen molar-refractivity contribution < 1.29 is 14.7 Å². The zero-order valence-corrected chi connectivity index (χ0v) is 10.3. The maximum atomic E-state index is 11.5. The first-order chi connectivity index (χ1) is 7.30. The molecule has 1 rings (SSSR count). The van der Waals surface area contributed by atoms with Crippen molar-refractivity contribution in [2.24, 2.45) is 0 Å². The number of ketones is 1. The van der Waals surface area contributed by atoms with Gasteiger partial charge < -0.3 is 5.11 Å². The molecule has 0 unspecified atom stereocenters. The minimum Gasteiger partial charge on any atom is -0.478 e. The zero-order chi connectivity index (χ0) is 12.3. The summed E-state index contributed by atoms with van der Waals surface area (Å²) in [6.07, 6.45) is 1.94. The quantitative estimate of drug-likeness (QED) is 0.650. The number of carboxylic acids is 1. The number of carbonyl (C=O) groups excluding carboxylic acids is 1. The normalized spacial score (nSPS) is 11.9. The SMILES string of the molecule is CC(C)(C)c1ccc(C(=O)/C=C/C(=O)O)s1. The first-order valence-electron chi connectivity index (χ1n) is 4.86. The molecule has 1 N–H and O–H groups in total. The Morgan fingerprint density at radius 1 is 1.25 bits per heavy atom. The van der Waals surface area contributed by atoms with Gasteiger partial charge in [-0.25, -0.2) is 4.79 Å². The van der Waals surface area contributed by atoms with Crippen molar-refractivity contribution in [3.8, 4) is 0 Å². The van der Waals surface area contributed by atoms with Gasteiger partial charge in [0.1, 0.15) is 0 Å². The number of allylic oxidation sites excluding steroid dienone is 1. The summed E-state index contributed by atoms with van der Waals surface area (Å²) in [5.41, 5.74) is 0.0136. The third-order valence-corrected chi connectivity index (χ3v) is 3.49. The molecular formula is C12H14O3S. The first-order valence-corrected chi connectivity index (χ1v) is 5.68. The van der Waals surface area contributed by atoms with Crippen LogP contribution in [0.25, 0.3) is 0 Å². The topological polar surface area (TPSA) is 54.4 Å². The van der Waals surface area contributed by atoms with Crippen LogP contribution in [0.1, 0.15) is 35.3 Å². The Balaban J connectivity index is 2.87. The van der Waals surface area contributed by atoms with Gasteiger partial charge in [-0.3, -0.25) is 4.79 Å². The number of aliphatic carboxylic acids is 1. The number of rotatable bonds is 3. The van der Waals surface area contributed by atoms with Gasteiger partial charge in [-0.15, -0.1) is 11.3 Å². The van der Waals surface area contributed by atoms with E-state index in [0.29, 0.717) is 4.88 Å². The lowest BCUT2D eigenvalue weighted by atomic mass is 9.95. The molecule has 0 aliphatic heterocycles. The number of hydrogen-bond acceptors (Lipinski definition) is 3. The maximum Gasteiger partial charge on any atom is 0.328 e. The van der Waals surface area contributed by atoms with Gasteiger partial charge in [0.05, 0.1) is 4.88 Å². The van der Waals surface area contributed by atoms with E-state index >= 15 is 0 Å². The van der Waals surface area contributed by atoms with Crippen LogP contribution in [0, 0.1) is 0 Å². The fraction of sp³-hybridized carbons (Fsp3) is 0.333. The Bertz CT molecular complexity index is 435. The second kappa shape index (κ2) is 4.61. The number of carbonyl (C=O) groups is 2. The standard InChI is InChI=1S/C12H14O3S/c1-12(2,3)10-6-5-9(16-10)8(13)4-7-11(14)15/h4-7H,1-3H3,(H,14,15)/b7-4+. The van der Waals surface area contributed by atoms with Crippen LogP contribution in [-0.2, 0) is 10.2 Å². The molecule has 0 spiro atoms. The molecule has 0 saturated carbocycles. The fourth-order valence-corrected chi connectivity index (χ4v) is 2.09. The lowest BCUT2D eigenvalue weighted by Crippen LogP contribution is -2.07. The van der Waals surface area contributed by atoms with E-state index in [1.165, 1.54) is 11.3 Å². The summed E-state index contributed by atoms with van der Waals surface area (Å²) in [5.74, 6) is -1.37. The lowest BCUT2D eigenvalue weighted by molar-refractivity contribution is -0.131. The Labute approximate surface area is 98.4 Å². The smallest absolute Gasteiger partial charge is 0.328 e. The van der Waals surface area contributed by atoms with Gasteiger partial charge in [-0.1, -0.05) is 20.8 Å². The molecule has 0 atom stereocenters. The largest absolute Gasteiger partial charge is 0.478 e. The first kappa shape index (κ1) is 12.6. The molecule has 0 radical (unpaired) electrons. The Morgan fingerprint density at radius 2 is 1.88 bits per heavy atom. The van der Waals surface area contributed by atoms with Crippen LogP contribution in [0.15, 0.2) is 24.3 Å². The van der Waals surface area contributed by atoms with E-state index in [2.05, 4.69) is 20.8 Å². The van der Waals surface area contributed by atoms with Crippen LogP contribution in [0.4, 0.5) is 0 Å². The van der Waals surface area contributed by atoms with Gasteiger partial charge in [0.15, 0.2) is 5.78 Å². The summed E-state index contributed by atoms with van der Waals surface area (Å²) in [5, 5.41) is 8.41. The molecule has 1 heterocycles. The molecule has 0 aliphatic rings. The predicted molar refractivity (Wildman–Crippen MR) is 64.1 cm³/mol. The molecule has 1 aromatic rings. The molecule has 1 aromatic heterocycles. The molecule has 4 heteroatoms. The van der Waals surface area contributed by atoms with Crippen LogP contribution in [0.3, 0.4) is 0 Å². The van der Waals surface area contributed by atoms with Crippen LogP contribution >= 0.6 is 11.3 Å². The van der Waals surface area contributed by atoms with Crippen molar-refractivity contribution in [3.63, 3.8) is 0 Å². The Morgan fingerprint density at radius 3 is 2.31 bits per heavy atom. The van der Waals surface area contributed by atoms with E-state index in [-0.39, 0.29) is 11.2 Å². The summed E-state index contributed by atoms with van der Waals surface area (Å²) in [7, 11) is 0. The monoisotopic (exact) mass is 238 g/mol. The summed E-state index contributed by atoms with van der Waals surface area (Å²) in [6, 6.07) is 3.65.